The maximum Gasteiger partial charge on any atom is 0.0791 e. The molecule has 0 amide bonds. The molecule has 1 fully saturated rings. The lowest BCUT2D eigenvalue weighted by molar-refractivity contribution is 0.0872. The lowest BCUT2D eigenvalue weighted by Gasteiger charge is -2.30. The van der Waals surface area contributed by atoms with Gasteiger partial charge in [0.2, 0.25) is 0 Å². The van der Waals surface area contributed by atoms with Crippen LogP contribution in [0.3, 0.4) is 0 Å². The van der Waals surface area contributed by atoms with Gasteiger partial charge in [0.25, 0.3) is 0 Å². The average molecular weight is 242 g/mol. The van der Waals surface area contributed by atoms with Crippen LogP contribution in [-0.4, -0.2) is 47.3 Å². The van der Waals surface area contributed by atoms with E-state index in [0.29, 0.717) is 12.6 Å². The summed E-state index contributed by atoms with van der Waals surface area (Å²) in [7, 11) is 0. The third-order valence-electron chi connectivity index (χ3n) is 3.50. The van der Waals surface area contributed by atoms with Gasteiger partial charge in [0, 0.05) is 24.7 Å². The van der Waals surface area contributed by atoms with E-state index in [1.807, 2.05) is 0 Å². The van der Waals surface area contributed by atoms with E-state index in [0.717, 1.165) is 13.1 Å². The minimum Gasteiger partial charge on any atom is -0.390 e. The highest BCUT2D eigenvalue weighted by Gasteiger charge is 2.20. The molecule has 0 saturated carbocycles. The lowest BCUT2D eigenvalue weighted by Crippen LogP contribution is -2.46. The van der Waals surface area contributed by atoms with Gasteiger partial charge in [-0.1, -0.05) is 12.8 Å². The number of nitrogens with zero attached hydrogens (tertiary/aromatic N) is 1. The van der Waals surface area contributed by atoms with Gasteiger partial charge in [-0.05, 0) is 47.1 Å². The first kappa shape index (κ1) is 14.9. The zero-order valence-electron chi connectivity index (χ0n) is 12.0. The van der Waals surface area contributed by atoms with Gasteiger partial charge in [-0.25, -0.2) is 0 Å². The first-order valence-corrected chi connectivity index (χ1v) is 7.05. The molecule has 17 heavy (non-hydrogen) atoms. The Morgan fingerprint density at radius 3 is 2.65 bits per heavy atom. The quantitative estimate of drug-likeness (QED) is 0.791. The standard InChI is InChI=1S/C14H30N2O/c1-12-8-6-5-7-9-16(12)11-13(17)10-15-14(2,3)4/h12-13,15,17H,5-11H2,1-4H3. The summed E-state index contributed by atoms with van der Waals surface area (Å²) in [5.74, 6) is 0. The summed E-state index contributed by atoms with van der Waals surface area (Å²) in [6.45, 7) is 11.3. The predicted molar refractivity (Wildman–Crippen MR) is 73.3 cm³/mol. The molecule has 0 aliphatic carbocycles. The number of nitrogens with one attached hydrogen (secondary N) is 1. The number of likely N-dealkylation sites (tertiary alicyclic amines) is 1. The number of hydrogen-bond donors (Lipinski definition) is 2. The molecule has 2 unspecified atom stereocenters. The molecule has 0 aromatic heterocycles. The summed E-state index contributed by atoms with van der Waals surface area (Å²) in [6.07, 6.45) is 4.99. The van der Waals surface area contributed by atoms with Crippen LogP contribution < -0.4 is 5.32 Å². The normalized spacial score (nSPS) is 25.6. The van der Waals surface area contributed by atoms with Gasteiger partial charge in [0.15, 0.2) is 0 Å². The molecule has 0 aromatic rings. The smallest absolute Gasteiger partial charge is 0.0791 e. The average Bonchev–Trinajstić information content (AvgIpc) is 2.41. The van der Waals surface area contributed by atoms with Crippen molar-refractivity contribution < 1.29 is 5.11 Å². The van der Waals surface area contributed by atoms with Gasteiger partial charge in [0.1, 0.15) is 0 Å². The molecular weight excluding hydrogens is 212 g/mol. The maximum atomic E-state index is 10.1. The van der Waals surface area contributed by atoms with Crippen LogP contribution in [0.4, 0.5) is 0 Å². The second-order valence-corrected chi connectivity index (χ2v) is 6.48. The van der Waals surface area contributed by atoms with Gasteiger partial charge in [0.05, 0.1) is 6.10 Å². The molecule has 0 aromatic carbocycles. The molecule has 3 nitrogen and oxygen atoms in total. The van der Waals surface area contributed by atoms with Crippen molar-refractivity contribution in [2.75, 3.05) is 19.6 Å². The van der Waals surface area contributed by atoms with Crippen molar-refractivity contribution in [3.8, 4) is 0 Å². The van der Waals surface area contributed by atoms with E-state index in [9.17, 15) is 5.11 Å². The monoisotopic (exact) mass is 242 g/mol. The third kappa shape index (κ3) is 6.39. The Labute approximate surface area is 107 Å². The molecule has 2 atom stereocenters. The maximum absolute atomic E-state index is 10.1. The molecule has 2 N–H and O–H groups in total. The molecule has 3 heteroatoms. The summed E-state index contributed by atoms with van der Waals surface area (Å²) in [6, 6.07) is 0.627. The molecule has 1 rings (SSSR count). The Morgan fingerprint density at radius 1 is 1.29 bits per heavy atom. The van der Waals surface area contributed by atoms with Crippen LogP contribution in [0.1, 0.15) is 53.4 Å². The van der Waals surface area contributed by atoms with Crippen molar-refractivity contribution in [2.45, 2.75) is 71.1 Å². The number of aliphatic hydroxyl groups excluding tert-OH is 1. The van der Waals surface area contributed by atoms with Gasteiger partial charge in [-0.2, -0.15) is 0 Å². The van der Waals surface area contributed by atoms with Crippen molar-refractivity contribution in [3.63, 3.8) is 0 Å². The van der Waals surface area contributed by atoms with Gasteiger partial charge in [-0.15, -0.1) is 0 Å². The van der Waals surface area contributed by atoms with Crippen LogP contribution in [0, 0.1) is 0 Å². The molecular formula is C14H30N2O. The SMILES string of the molecule is CC1CCCCCN1CC(O)CNC(C)(C)C. The number of hydrogen-bond acceptors (Lipinski definition) is 3. The minimum absolute atomic E-state index is 0.0887. The van der Waals surface area contributed by atoms with E-state index < -0.39 is 0 Å². The molecule has 1 saturated heterocycles. The van der Waals surface area contributed by atoms with Crippen LogP contribution in [0.2, 0.25) is 0 Å². The minimum atomic E-state index is -0.255. The van der Waals surface area contributed by atoms with Crippen molar-refractivity contribution in [2.24, 2.45) is 0 Å². The Kier molecular flexibility index (Phi) is 5.90. The van der Waals surface area contributed by atoms with Crippen molar-refractivity contribution in [1.82, 2.24) is 10.2 Å². The topological polar surface area (TPSA) is 35.5 Å². The largest absolute Gasteiger partial charge is 0.390 e. The van der Waals surface area contributed by atoms with E-state index in [1.165, 1.54) is 25.7 Å². The Morgan fingerprint density at radius 2 is 2.00 bits per heavy atom. The highest BCUT2D eigenvalue weighted by atomic mass is 16.3. The van der Waals surface area contributed by atoms with Crippen LogP contribution in [0.15, 0.2) is 0 Å². The molecule has 1 aliphatic rings. The zero-order chi connectivity index (χ0) is 12.9. The second kappa shape index (κ2) is 6.72. The second-order valence-electron chi connectivity index (χ2n) is 6.48. The van der Waals surface area contributed by atoms with Crippen LogP contribution >= 0.6 is 0 Å². The molecule has 1 heterocycles. The summed E-state index contributed by atoms with van der Waals surface area (Å²) in [5, 5.41) is 13.4. The summed E-state index contributed by atoms with van der Waals surface area (Å²) < 4.78 is 0. The fourth-order valence-corrected chi connectivity index (χ4v) is 2.36. The van der Waals surface area contributed by atoms with Gasteiger partial charge < -0.3 is 10.4 Å². The van der Waals surface area contributed by atoms with E-state index in [4.69, 9.17) is 0 Å². The molecule has 1 aliphatic heterocycles. The molecule has 0 bridgehead atoms. The van der Waals surface area contributed by atoms with E-state index in [2.05, 4.69) is 37.9 Å². The Bertz CT molecular complexity index is 213. The fraction of sp³-hybridized carbons (Fsp3) is 1.00. The Hall–Kier alpha value is -0.120. The predicted octanol–water partition coefficient (Wildman–Crippen LogP) is 2.00. The van der Waals surface area contributed by atoms with Crippen LogP contribution in [0.5, 0.6) is 0 Å². The number of rotatable bonds is 4. The molecule has 0 spiro atoms. The van der Waals surface area contributed by atoms with Crippen LogP contribution in [0.25, 0.3) is 0 Å². The summed E-state index contributed by atoms with van der Waals surface area (Å²) in [4.78, 5) is 2.45. The summed E-state index contributed by atoms with van der Waals surface area (Å²) in [5.41, 5.74) is 0.0887. The van der Waals surface area contributed by atoms with Crippen molar-refractivity contribution in [3.05, 3.63) is 0 Å². The highest BCUT2D eigenvalue weighted by Crippen LogP contribution is 2.16. The molecule has 0 radical (unpaired) electrons. The summed E-state index contributed by atoms with van der Waals surface area (Å²) >= 11 is 0. The Balaban J connectivity index is 2.30. The van der Waals surface area contributed by atoms with Crippen molar-refractivity contribution in [1.29, 1.82) is 0 Å². The van der Waals surface area contributed by atoms with E-state index in [1.54, 1.807) is 0 Å². The third-order valence-corrected chi connectivity index (χ3v) is 3.50. The first-order valence-electron chi connectivity index (χ1n) is 7.05. The number of β-amino-alcohol motifs (C(OH)–C–C–N with tert-alkyl or cyclic N) is 1. The zero-order valence-corrected chi connectivity index (χ0v) is 12.0. The van der Waals surface area contributed by atoms with Crippen molar-refractivity contribution >= 4 is 0 Å². The van der Waals surface area contributed by atoms with Gasteiger partial charge in [-0.3, -0.25) is 4.90 Å². The number of aliphatic hydroxyl groups is 1. The van der Waals surface area contributed by atoms with Gasteiger partial charge >= 0.3 is 0 Å². The first-order chi connectivity index (χ1) is 7.88. The highest BCUT2D eigenvalue weighted by molar-refractivity contribution is 4.78. The van der Waals surface area contributed by atoms with E-state index >= 15 is 0 Å². The van der Waals surface area contributed by atoms with Crippen LogP contribution in [-0.2, 0) is 0 Å². The molecule has 102 valence electrons. The fourth-order valence-electron chi connectivity index (χ4n) is 2.36. The lowest BCUT2D eigenvalue weighted by atomic mass is 10.1. The van der Waals surface area contributed by atoms with E-state index in [-0.39, 0.29) is 11.6 Å².